The number of rotatable bonds is 4. The number of carboxylic acids is 1. The first-order valence-electron chi connectivity index (χ1n) is 4.51. The highest BCUT2D eigenvalue weighted by Gasteiger charge is 2.13. The number of aromatic carboxylic acids is 1. The van der Waals surface area contributed by atoms with Crippen molar-refractivity contribution in [3.63, 3.8) is 0 Å². The lowest BCUT2D eigenvalue weighted by Crippen LogP contribution is -2.06. The van der Waals surface area contributed by atoms with Crippen molar-refractivity contribution in [1.82, 2.24) is 0 Å². The maximum Gasteiger partial charge on any atom is 0.336 e. The molecule has 1 aromatic carbocycles. The van der Waals surface area contributed by atoms with Crippen LogP contribution in [0.4, 0.5) is 0 Å². The minimum Gasteiger partial charge on any atom is -0.478 e. The first-order valence-corrected chi connectivity index (χ1v) is 4.51. The molecule has 0 saturated heterocycles. The highest BCUT2D eigenvalue weighted by molar-refractivity contribution is 5.98. The Bertz CT molecular complexity index is 356. The van der Waals surface area contributed by atoms with E-state index in [2.05, 4.69) is 0 Å². The Morgan fingerprint density at radius 2 is 2.21 bits per heavy atom. The fraction of sp³-hybridized carbons (Fsp3) is 0.273. The van der Waals surface area contributed by atoms with E-state index in [1.54, 1.807) is 12.1 Å². The van der Waals surface area contributed by atoms with Crippen molar-refractivity contribution in [2.45, 2.75) is 19.8 Å². The van der Waals surface area contributed by atoms with Gasteiger partial charge in [0.25, 0.3) is 0 Å². The molecule has 0 atom stereocenters. The third kappa shape index (κ3) is 1.99. The average Bonchev–Trinajstić information content (AvgIpc) is 2.17. The van der Waals surface area contributed by atoms with Crippen LogP contribution in [0.1, 0.15) is 39.6 Å². The lowest BCUT2D eigenvalue weighted by Gasteiger charge is -2.06. The average molecular weight is 192 g/mol. The van der Waals surface area contributed by atoms with Crippen LogP contribution in [0.3, 0.4) is 0 Å². The van der Waals surface area contributed by atoms with Crippen LogP contribution < -0.4 is 0 Å². The van der Waals surface area contributed by atoms with E-state index in [0.29, 0.717) is 12.7 Å². The molecule has 0 amide bonds. The molecule has 0 aliphatic heterocycles. The Hall–Kier alpha value is -1.64. The molecule has 0 saturated carbocycles. The summed E-state index contributed by atoms with van der Waals surface area (Å²) in [6.07, 6.45) is 2.13. The van der Waals surface area contributed by atoms with E-state index >= 15 is 0 Å². The smallest absolute Gasteiger partial charge is 0.336 e. The highest BCUT2D eigenvalue weighted by Crippen LogP contribution is 2.15. The van der Waals surface area contributed by atoms with E-state index in [9.17, 15) is 9.59 Å². The fourth-order valence-corrected chi connectivity index (χ4v) is 1.46. The van der Waals surface area contributed by atoms with E-state index < -0.39 is 5.97 Å². The topological polar surface area (TPSA) is 54.4 Å². The molecule has 1 aromatic rings. The second kappa shape index (κ2) is 4.56. The second-order valence-electron chi connectivity index (χ2n) is 3.05. The molecule has 1 rings (SSSR count). The van der Waals surface area contributed by atoms with Crippen molar-refractivity contribution in [2.24, 2.45) is 0 Å². The lowest BCUT2D eigenvalue weighted by atomic mass is 9.98. The van der Waals surface area contributed by atoms with Crippen LogP contribution in [0.25, 0.3) is 0 Å². The van der Waals surface area contributed by atoms with Crippen molar-refractivity contribution in [3.05, 3.63) is 34.9 Å². The van der Waals surface area contributed by atoms with Gasteiger partial charge in [0.1, 0.15) is 0 Å². The molecule has 3 heteroatoms. The summed E-state index contributed by atoms with van der Waals surface area (Å²) in [7, 11) is 0. The zero-order valence-electron chi connectivity index (χ0n) is 7.99. The van der Waals surface area contributed by atoms with Gasteiger partial charge in [0.2, 0.25) is 0 Å². The molecule has 0 aromatic heterocycles. The summed E-state index contributed by atoms with van der Waals surface area (Å²) >= 11 is 0. The van der Waals surface area contributed by atoms with E-state index in [1.807, 2.05) is 6.92 Å². The minimum absolute atomic E-state index is 0.143. The Morgan fingerprint density at radius 1 is 1.50 bits per heavy atom. The van der Waals surface area contributed by atoms with Crippen molar-refractivity contribution in [2.75, 3.05) is 0 Å². The van der Waals surface area contributed by atoms with Gasteiger partial charge in [-0.25, -0.2) is 4.79 Å². The van der Waals surface area contributed by atoms with Crippen molar-refractivity contribution < 1.29 is 14.7 Å². The number of carbonyl (C=O) groups is 2. The third-order valence-electron chi connectivity index (χ3n) is 2.04. The molecule has 14 heavy (non-hydrogen) atoms. The van der Waals surface area contributed by atoms with Crippen LogP contribution in [0.5, 0.6) is 0 Å². The van der Waals surface area contributed by atoms with E-state index in [-0.39, 0.29) is 11.1 Å². The maximum atomic E-state index is 10.9. The Kier molecular flexibility index (Phi) is 3.40. The van der Waals surface area contributed by atoms with Gasteiger partial charge in [-0.2, -0.15) is 0 Å². The van der Waals surface area contributed by atoms with Gasteiger partial charge in [-0.15, -0.1) is 0 Å². The van der Waals surface area contributed by atoms with Gasteiger partial charge in [0, 0.05) is 5.56 Å². The van der Waals surface area contributed by atoms with Crippen molar-refractivity contribution >= 4 is 12.3 Å². The van der Waals surface area contributed by atoms with Crippen LogP contribution in [0.15, 0.2) is 18.2 Å². The predicted molar refractivity (Wildman–Crippen MR) is 52.8 cm³/mol. The summed E-state index contributed by atoms with van der Waals surface area (Å²) in [5, 5.41) is 8.95. The molecular formula is C11H12O3. The molecule has 0 spiro atoms. The molecule has 0 unspecified atom stereocenters. The summed E-state index contributed by atoms with van der Waals surface area (Å²) < 4.78 is 0. The molecule has 0 heterocycles. The highest BCUT2D eigenvalue weighted by atomic mass is 16.4. The monoisotopic (exact) mass is 192 g/mol. The second-order valence-corrected chi connectivity index (χ2v) is 3.05. The molecule has 1 N–H and O–H groups in total. The number of aryl methyl sites for hydroxylation is 1. The fourth-order valence-electron chi connectivity index (χ4n) is 1.46. The summed E-state index contributed by atoms with van der Waals surface area (Å²) in [5.74, 6) is -1.03. The van der Waals surface area contributed by atoms with Crippen molar-refractivity contribution in [1.29, 1.82) is 0 Å². The van der Waals surface area contributed by atoms with Crippen LogP contribution in [0, 0.1) is 0 Å². The summed E-state index contributed by atoms with van der Waals surface area (Å²) in [4.78, 5) is 21.5. The molecule has 0 aliphatic carbocycles. The molecular weight excluding hydrogens is 180 g/mol. The Balaban J connectivity index is 3.27. The molecule has 0 fully saturated rings. The van der Waals surface area contributed by atoms with E-state index in [1.165, 1.54) is 6.07 Å². The van der Waals surface area contributed by atoms with Gasteiger partial charge in [-0.05, 0) is 12.0 Å². The van der Waals surface area contributed by atoms with Crippen LogP contribution in [-0.2, 0) is 6.42 Å². The molecule has 74 valence electrons. The van der Waals surface area contributed by atoms with Gasteiger partial charge in [-0.3, -0.25) is 4.79 Å². The quantitative estimate of drug-likeness (QED) is 0.743. The normalized spacial score (nSPS) is 9.79. The molecule has 3 nitrogen and oxygen atoms in total. The first-order chi connectivity index (χ1) is 6.70. The number of benzene rings is 1. The SMILES string of the molecule is CCCc1cccc(C=O)c1C(=O)O. The zero-order valence-corrected chi connectivity index (χ0v) is 7.99. The largest absolute Gasteiger partial charge is 0.478 e. The third-order valence-corrected chi connectivity index (χ3v) is 2.04. The molecule has 0 aliphatic rings. The zero-order chi connectivity index (χ0) is 10.6. The number of aldehydes is 1. The minimum atomic E-state index is -1.03. The first kappa shape index (κ1) is 10.4. The maximum absolute atomic E-state index is 10.9. The van der Waals surface area contributed by atoms with Gasteiger partial charge >= 0.3 is 5.97 Å². The number of carboxylic acid groups (broad SMARTS) is 1. The predicted octanol–water partition coefficient (Wildman–Crippen LogP) is 2.15. The van der Waals surface area contributed by atoms with Gasteiger partial charge in [0.05, 0.1) is 5.56 Å². The Labute approximate surface area is 82.4 Å². The van der Waals surface area contributed by atoms with Gasteiger partial charge in [-0.1, -0.05) is 31.5 Å². The number of hydrogen-bond donors (Lipinski definition) is 1. The Morgan fingerprint density at radius 3 is 2.71 bits per heavy atom. The molecule has 0 bridgehead atoms. The lowest BCUT2D eigenvalue weighted by molar-refractivity contribution is 0.0692. The number of hydrogen-bond acceptors (Lipinski definition) is 2. The van der Waals surface area contributed by atoms with Crippen LogP contribution >= 0.6 is 0 Å². The van der Waals surface area contributed by atoms with Crippen molar-refractivity contribution in [3.8, 4) is 0 Å². The van der Waals surface area contributed by atoms with E-state index in [4.69, 9.17) is 5.11 Å². The molecule has 0 radical (unpaired) electrons. The van der Waals surface area contributed by atoms with E-state index in [0.717, 1.165) is 12.0 Å². The van der Waals surface area contributed by atoms with Gasteiger partial charge in [0.15, 0.2) is 6.29 Å². The summed E-state index contributed by atoms with van der Waals surface area (Å²) in [5.41, 5.74) is 1.12. The summed E-state index contributed by atoms with van der Waals surface area (Å²) in [6.45, 7) is 1.97. The van der Waals surface area contributed by atoms with Gasteiger partial charge < -0.3 is 5.11 Å². The van der Waals surface area contributed by atoms with Crippen LogP contribution in [0.2, 0.25) is 0 Å². The van der Waals surface area contributed by atoms with Crippen LogP contribution in [-0.4, -0.2) is 17.4 Å². The standard InChI is InChI=1S/C11H12O3/c1-2-4-8-5-3-6-9(7-12)10(8)11(13)14/h3,5-7H,2,4H2,1H3,(H,13,14). The summed E-state index contributed by atoms with van der Waals surface area (Å²) in [6, 6.07) is 4.98. The number of carbonyl (C=O) groups excluding carboxylic acids is 1.